The predicted octanol–water partition coefficient (Wildman–Crippen LogP) is 3.52. The van der Waals surface area contributed by atoms with Crippen molar-refractivity contribution in [1.29, 1.82) is 0 Å². The van der Waals surface area contributed by atoms with Crippen molar-refractivity contribution in [3.8, 4) is 0 Å². The number of nitrogens with zero attached hydrogens (tertiary/aromatic N) is 2. The first-order valence-electron chi connectivity index (χ1n) is 7.58. The summed E-state index contributed by atoms with van der Waals surface area (Å²) in [5.41, 5.74) is -0.939. The number of carbonyl (C=O) groups is 2. The molecule has 6 nitrogen and oxygen atoms in total. The lowest BCUT2D eigenvalue weighted by molar-refractivity contribution is -0.0374. The fourth-order valence-corrected chi connectivity index (χ4v) is 2.33. The monoisotopic (exact) mass is 404 g/mol. The molecule has 0 aromatic heterocycles. The fraction of sp³-hybridized carbons (Fsp3) is 0.176. The highest BCUT2D eigenvalue weighted by atomic mass is 19.2. The lowest BCUT2D eigenvalue weighted by Gasteiger charge is -2.20. The SMILES string of the molecule is CN(O)C(=O)c1ccc(CN(Cc2c(F)c(F)c(F)c(F)c2F)C(=O)O)cc1. The zero-order valence-corrected chi connectivity index (χ0v) is 14.2. The van der Waals surface area contributed by atoms with E-state index in [1.54, 1.807) is 0 Å². The summed E-state index contributed by atoms with van der Waals surface area (Å²) in [4.78, 5) is 23.4. The van der Waals surface area contributed by atoms with Gasteiger partial charge in [0, 0.05) is 24.7 Å². The van der Waals surface area contributed by atoms with E-state index in [2.05, 4.69) is 0 Å². The van der Waals surface area contributed by atoms with Crippen molar-refractivity contribution < 1.29 is 41.9 Å². The van der Waals surface area contributed by atoms with Gasteiger partial charge in [-0.3, -0.25) is 14.9 Å². The lowest BCUT2D eigenvalue weighted by Crippen LogP contribution is -2.30. The molecule has 2 aromatic carbocycles. The lowest BCUT2D eigenvalue weighted by atomic mass is 10.1. The van der Waals surface area contributed by atoms with Gasteiger partial charge in [-0.1, -0.05) is 12.1 Å². The molecule has 0 radical (unpaired) electrons. The number of carbonyl (C=O) groups excluding carboxylic acids is 1. The molecule has 0 saturated carbocycles. The molecular formula is C17H13F5N2O4. The molecular weight excluding hydrogens is 391 g/mol. The molecule has 0 unspecified atom stereocenters. The number of hydrogen-bond donors (Lipinski definition) is 2. The largest absolute Gasteiger partial charge is 0.465 e. The molecule has 28 heavy (non-hydrogen) atoms. The topological polar surface area (TPSA) is 81.1 Å². The Labute approximate surface area is 155 Å². The Morgan fingerprint density at radius 2 is 1.32 bits per heavy atom. The molecule has 2 rings (SSSR count). The number of carboxylic acid groups (broad SMARTS) is 1. The summed E-state index contributed by atoms with van der Waals surface area (Å²) in [7, 11) is 1.10. The second-order valence-electron chi connectivity index (χ2n) is 5.71. The Hall–Kier alpha value is -3.21. The maximum atomic E-state index is 13.8. The molecule has 0 spiro atoms. The highest BCUT2D eigenvalue weighted by Gasteiger charge is 2.28. The first kappa shape index (κ1) is 21.1. The third-order valence-corrected chi connectivity index (χ3v) is 3.79. The average Bonchev–Trinajstić information content (AvgIpc) is 2.66. The van der Waals surface area contributed by atoms with Crippen LogP contribution in [0.3, 0.4) is 0 Å². The highest BCUT2D eigenvalue weighted by molar-refractivity contribution is 5.93. The van der Waals surface area contributed by atoms with E-state index < -0.39 is 59.7 Å². The van der Waals surface area contributed by atoms with E-state index in [9.17, 15) is 36.6 Å². The van der Waals surface area contributed by atoms with Crippen LogP contribution in [-0.2, 0) is 13.1 Å². The van der Waals surface area contributed by atoms with Crippen LogP contribution in [0.1, 0.15) is 21.5 Å². The molecule has 150 valence electrons. The van der Waals surface area contributed by atoms with Gasteiger partial charge in [-0.05, 0) is 17.7 Å². The van der Waals surface area contributed by atoms with Gasteiger partial charge >= 0.3 is 6.09 Å². The molecule has 0 fully saturated rings. The van der Waals surface area contributed by atoms with E-state index >= 15 is 0 Å². The Morgan fingerprint density at radius 3 is 1.75 bits per heavy atom. The molecule has 11 heteroatoms. The van der Waals surface area contributed by atoms with Gasteiger partial charge in [-0.2, -0.15) is 0 Å². The smallest absolute Gasteiger partial charge is 0.407 e. The molecule has 0 aliphatic rings. The van der Waals surface area contributed by atoms with Crippen LogP contribution < -0.4 is 0 Å². The molecule has 2 aromatic rings. The Kier molecular flexibility index (Phi) is 6.19. The maximum absolute atomic E-state index is 13.8. The van der Waals surface area contributed by atoms with Crippen LogP contribution in [0.4, 0.5) is 26.7 Å². The summed E-state index contributed by atoms with van der Waals surface area (Å²) in [5, 5.41) is 18.6. The second-order valence-corrected chi connectivity index (χ2v) is 5.71. The van der Waals surface area contributed by atoms with Crippen molar-refractivity contribution in [2.24, 2.45) is 0 Å². The Balaban J connectivity index is 2.29. The zero-order chi connectivity index (χ0) is 21.2. The first-order chi connectivity index (χ1) is 13.0. The van der Waals surface area contributed by atoms with Crippen LogP contribution >= 0.6 is 0 Å². The van der Waals surface area contributed by atoms with Crippen LogP contribution in [0.2, 0.25) is 0 Å². The molecule has 0 heterocycles. The van der Waals surface area contributed by atoms with Crippen molar-refractivity contribution in [3.05, 3.63) is 70.0 Å². The number of hydroxylamine groups is 2. The molecule has 0 atom stereocenters. The van der Waals surface area contributed by atoms with Crippen LogP contribution in [0.5, 0.6) is 0 Å². The third-order valence-electron chi connectivity index (χ3n) is 3.79. The van der Waals surface area contributed by atoms with Crippen LogP contribution in [0.25, 0.3) is 0 Å². The minimum atomic E-state index is -2.34. The van der Waals surface area contributed by atoms with Gasteiger partial charge in [-0.25, -0.2) is 31.8 Å². The van der Waals surface area contributed by atoms with Crippen LogP contribution in [0.15, 0.2) is 24.3 Å². The summed E-state index contributed by atoms with van der Waals surface area (Å²) in [6.07, 6.45) is -1.67. The third kappa shape index (κ3) is 4.19. The zero-order valence-electron chi connectivity index (χ0n) is 14.2. The van der Waals surface area contributed by atoms with Crippen molar-refractivity contribution in [2.45, 2.75) is 13.1 Å². The first-order valence-corrected chi connectivity index (χ1v) is 7.58. The molecule has 0 saturated heterocycles. The molecule has 0 bridgehead atoms. The summed E-state index contributed by atoms with van der Waals surface area (Å²) < 4.78 is 67.2. The van der Waals surface area contributed by atoms with Crippen molar-refractivity contribution in [1.82, 2.24) is 9.96 Å². The number of amides is 2. The van der Waals surface area contributed by atoms with Gasteiger partial charge in [0.2, 0.25) is 5.82 Å². The average molecular weight is 404 g/mol. The summed E-state index contributed by atoms with van der Waals surface area (Å²) in [5.74, 6) is -11.6. The van der Waals surface area contributed by atoms with E-state index in [-0.39, 0.29) is 11.1 Å². The molecule has 0 aliphatic heterocycles. The summed E-state index contributed by atoms with van der Waals surface area (Å²) in [6, 6.07) is 5.15. The summed E-state index contributed by atoms with van der Waals surface area (Å²) in [6.45, 7) is -1.56. The maximum Gasteiger partial charge on any atom is 0.407 e. The molecule has 2 amide bonds. The minimum absolute atomic E-state index is 0.0791. The van der Waals surface area contributed by atoms with Crippen LogP contribution in [-0.4, -0.2) is 39.3 Å². The Bertz CT molecular complexity index is 890. The molecule has 2 N–H and O–H groups in total. The van der Waals surface area contributed by atoms with Crippen molar-refractivity contribution >= 4 is 12.0 Å². The van der Waals surface area contributed by atoms with Gasteiger partial charge in [0.15, 0.2) is 23.3 Å². The van der Waals surface area contributed by atoms with E-state index in [4.69, 9.17) is 5.21 Å². The fourth-order valence-electron chi connectivity index (χ4n) is 2.33. The molecule has 0 aliphatic carbocycles. The summed E-state index contributed by atoms with van der Waals surface area (Å²) >= 11 is 0. The van der Waals surface area contributed by atoms with Gasteiger partial charge < -0.3 is 5.11 Å². The second kappa shape index (κ2) is 8.21. The standard InChI is InChI=1S/C17H13F5N2O4/c1-23(28)16(25)9-4-2-8(3-5-9)6-24(17(26)27)7-10-11(18)13(20)15(22)14(21)12(10)19/h2-5,28H,6-7H2,1H3,(H,26,27). The number of hydrogen-bond acceptors (Lipinski definition) is 3. The quantitative estimate of drug-likeness (QED) is 0.263. The Morgan fingerprint density at radius 1 is 0.857 bits per heavy atom. The number of benzene rings is 2. The van der Waals surface area contributed by atoms with Gasteiger partial charge in [-0.15, -0.1) is 0 Å². The highest BCUT2D eigenvalue weighted by Crippen LogP contribution is 2.25. The number of rotatable bonds is 5. The van der Waals surface area contributed by atoms with Crippen molar-refractivity contribution in [2.75, 3.05) is 7.05 Å². The van der Waals surface area contributed by atoms with Gasteiger partial charge in [0.05, 0.1) is 6.54 Å². The van der Waals surface area contributed by atoms with Gasteiger partial charge in [0.25, 0.3) is 5.91 Å². The number of halogens is 5. The van der Waals surface area contributed by atoms with E-state index in [0.717, 1.165) is 7.05 Å². The van der Waals surface area contributed by atoms with E-state index in [1.165, 1.54) is 24.3 Å². The normalized spacial score (nSPS) is 10.7. The van der Waals surface area contributed by atoms with Gasteiger partial charge in [0.1, 0.15) is 0 Å². The van der Waals surface area contributed by atoms with E-state index in [0.29, 0.717) is 9.96 Å². The van der Waals surface area contributed by atoms with Crippen LogP contribution in [0, 0.1) is 29.1 Å². The predicted molar refractivity (Wildman–Crippen MR) is 83.8 cm³/mol. The van der Waals surface area contributed by atoms with Crippen molar-refractivity contribution in [3.63, 3.8) is 0 Å². The van der Waals surface area contributed by atoms with E-state index in [1.807, 2.05) is 0 Å². The minimum Gasteiger partial charge on any atom is -0.465 e.